The number of carbonyl (C=O) groups excluding carboxylic acids is 3. The molecule has 1 fully saturated rings. The summed E-state index contributed by atoms with van der Waals surface area (Å²) in [5, 5.41) is 2.81. The highest BCUT2D eigenvalue weighted by Crippen LogP contribution is 2.26. The zero-order valence-electron chi connectivity index (χ0n) is 15.4. The van der Waals surface area contributed by atoms with Gasteiger partial charge in [0.25, 0.3) is 0 Å². The van der Waals surface area contributed by atoms with Gasteiger partial charge in [0.1, 0.15) is 0 Å². The highest BCUT2D eigenvalue weighted by molar-refractivity contribution is 6.03. The van der Waals surface area contributed by atoms with Gasteiger partial charge >= 0.3 is 5.97 Å². The first-order valence-electron chi connectivity index (χ1n) is 8.93. The van der Waals surface area contributed by atoms with Crippen molar-refractivity contribution in [3.63, 3.8) is 0 Å². The van der Waals surface area contributed by atoms with Crippen LogP contribution in [0.1, 0.15) is 29.3 Å². The number of ether oxygens (including phenoxy) is 1. The fraction of sp³-hybridized carbons (Fsp3) is 0.286. The van der Waals surface area contributed by atoms with Gasteiger partial charge in [-0.2, -0.15) is 0 Å². The van der Waals surface area contributed by atoms with E-state index < -0.39 is 11.9 Å². The second-order valence-electron chi connectivity index (χ2n) is 6.53. The van der Waals surface area contributed by atoms with Crippen LogP contribution in [-0.4, -0.2) is 30.9 Å². The number of esters is 1. The Bertz CT molecular complexity index is 843. The molecule has 2 amide bonds. The molecule has 2 aromatic rings. The van der Waals surface area contributed by atoms with E-state index in [2.05, 4.69) is 5.32 Å². The summed E-state index contributed by atoms with van der Waals surface area (Å²) in [5.41, 5.74) is 2.93. The van der Waals surface area contributed by atoms with Crippen LogP contribution in [0.25, 0.3) is 0 Å². The summed E-state index contributed by atoms with van der Waals surface area (Å²) in [7, 11) is 0. The summed E-state index contributed by atoms with van der Waals surface area (Å²) in [5.74, 6) is -1.08. The van der Waals surface area contributed by atoms with Crippen molar-refractivity contribution in [2.24, 2.45) is 5.92 Å². The van der Waals surface area contributed by atoms with Gasteiger partial charge in [0.05, 0.1) is 18.1 Å². The van der Waals surface area contributed by atoms with Gasteiger partial charge in [-0.25, -0.2) is 4.79 Å². The molecule has 0 saturated carbocycles. The molecule has 1 aliphatic rings. The van der Waals surface area contributed by atoms with Crippen LogP contribution in [0.3, 0.4) is 0 Å². The van der Waals surface area contributed by atoms with Crippen LogP contribution >= 0.6 is 0 Å². The molecule has 1 unspecified atom stereocenters. The predicted molar refractivity (Wildman–Crippen MR) is 103 cm³/mol. The van der Waals surface area contributed by atoms with Crippen LogP contribution in [0.15, 0.2) is 48.5 Å². The first-order valence-corrected chi connectivity index (χ1v) is 8.93. The minimum Gasteiger partial charge on any atom is -0.462 e. The summed E-state index contributed by atoms with van der Waals surface area (Å²) in [4.78, 5) is 38.1. The molecule has 2 aromatic carbocycles. The number of nitrogens with one attached hydrogen (secondary N) is 1. The van der Waals surface area contributed by atoms with Gasteiger partial charge in [0.2, 0.25) is 11.8 Å². The molecule has 1 heterocycles. The van der Waals surface area contributed by atoms with Crippen molar-refractivity contribution in [3.8, 4) is 0 Å². The minimum absolute atomic E-state index is 0.0586. The molecule has 1 aliphatic heterocycles. The Morgan fingerprint density at radius 1 is 1.11 bits per heavy atom. The molecule has 1 N–H and O–H groups in total. The van der Waals surface area contributed by atoms with E-state index in [0.29, 0.717) is 24.4 Å². The van der Waals surface area contributed by atoms with Gasteiger partial charge in [0.15, 0.2) is 0 Å². The number of rotatable bonds is 5. The van der Waals surface area contributed by atoms with Gasteiger partial charge in [0, 0.05) is 24.3 Å². The van der Waals surface area contributed by atoms with Gasteiger partial charge < -0.3 is 15.0 Å². The van der Waals surface area contributed by atoms with E-state index in [1.807, 2.05) is 31.2 Å². The molecule has 3 rings (SSSR count). The zero-order valence-corrected chi connectivity index (χ0v) is 15.4. The first kappa shape index (κ1) is 18.6. The Morgan fingerprint density at radius 2 is 1.78 bits per heavy atom. The van der Waals surface area contributed by atoms with Gasteiger partial charge in [-0.1, -0.05) is 17.7 Å². The maximum atomic E-state index is 12.5. The van der Waals surface area contributed by atoms with Crippen LogP contribution in [0.4, 0.5) is 11.4 Å². The Hall–Kier alpha value is -3.15. The molecule has 0 aromatic heterocycles. The third-order valence-electron chi connectivity index (χ3n) is 4.51. The lowest BCUT2D eigenvalue weighted by molar-refractivity contribution is -0.122. The molecule has 0 aliphatic carbocycles. The third kappa shape index (κ3) is 4.34. The highest BCUT2D eigenvalue weighted by atomic mass is 16.5. The van der Waals surface area contributed by atoms with Crippen molar-refractivity contribution >= 4 is 29.2 Å². The van der Waals surface area contributed by atoms with Crippen molar-refractivity contribution in [1.82, 2.24) is 0 Å². The van der Waals surface area contributed by atoms with E-state index in [1.54, 1.807) is 36.1 Å². The number of amides is 2. The third-order valence-corrected chi connectivity index (χ3v) is 4.51. The Morgan fingerprint density at radius 3 is 2.41 bits per heavy atom. The van der Waals surface area contributed by atoms with Crippen molar-refractivity contribution < 1.29 is 19.1 Å². The van der Waals surface area contributed by atoms with Crippen molar-refractivity contribution in [1.29, 1.82) is 0 Å². The summed E-state index contributed by atoms with van der Waals surface area (Å²) >= 11 is 0. The number of hydrogen-bond acceptors (Lipinski definition) is 4. The van der Waals surface area contributed by atoms with E-state index in [-0.39, 0.29) is 18.2 Å². The summed E-state index contributed by atoms with van der Waals surface area (Å²) < 4.78 is 4.93. The molecule has 1 atom stereocenters. The summed E-state index contributed by atoms with van der Waals surface area (Å²) in [6.07, 6.45) is 0.181. The topological polar surface area (TPSA) is 75.7 Å². The number of carbonyl (C=O) groups is 3. The SMILES string of the molecule is CCOC(=O)c1ccc(NC(=O)C2CC(=O)N(c3ccc(C)cc3)C2)cc1. The molecule has 6 heteroatoms. The molecule has 1 saturated heterocycles. The fourth-order valence-corrected chi connectivity index (χ4v) is 3.01. The molecule has 0 bridgehead atoms. The zero-order chi connectivity index (χ0) is 19.4. The van der Waals surface area contributed by atoms with Crippen molar-refractivity contribution in [3.05, 3.63) is 59.7 Å². The number of aryl methyl sites for hydroxylation is 1. The lowest BCUT2D eigenvalue weighted by Gasteiger charge is -2.17. The van der Waals surface area contributed by atoms with Crippen LogP contribution < -0.4 is 10.2 Å². The van der Waals surface area contributed by atoms with Crippen molar-refractivity contribution in [2.45, 2.75) is 20.3 Å². The Balaban J connectivity index is 1.62. The number of hydrogen-bond donors (Lipinski definition) is 1. The number of anilines is 2. The number of nitrogens with zero attached hydrogens (tertiary/aromatic N) is 1. The second kappa shape index (κ2) is 8.03. The van der Waals surface area contributed by atoms with Gasteiger partial charge in [-0.3, -0.25) is 9.59 Å². The van der Waals surface area contributed by atoms with E-state index in [1.165, 1.54) is 0 Å². The van der Waals surface area contributed by atoms with Crippen molar-refractivity contribution in [2.75, 3.05) is 23.4 Å². The van der Waals surface area contributed by atoms with E-state index in [0.717, 1.165) is 11.3 Å². The van der Waals surface area contributed by atoms with Crippen LogP contribution in [0, 0.1) is 12.8 Å². The standard InChI is InChI=1S/C21H22N2O4/c1-3-27-21(26)15-6-8-17(9-7-15)22-20(25)16-12-19(24)23(13-16)18-10-4-14(2)5-11-18/h4-11,16H,3,12-13H2,1-2H3,(H,22,25). The highest BCUT2D eigenvalue weighted by Gasteiger charge is 2.35. The molecular formula is C21H22N2O4. The summed E-state index contributed by atoms with van der Waals surface area (Å²) in [6.45, 7) is 4.40. The van der Waals surface area contributed by atoms with E-state index in [9.17, 15) is 14.4 Å². The second-order valence-corrected chi connectivity index (χ2v) is 6.53. The maximum Gasteiger partial charge on any atom is 0.338 e. The molecule has 140 valence electrons. The van der Waals surface area contributed by atoms with E-state index >= 15 is 0 Å². The Labute approximate surface area is 158 Å². The quantitative estimate of drug-likeness (QED) is 0.825. The normalized spacial score (nSPS) is 16.3. The lowest BCUT2D eigenvalue weighted by Crippen LogP contribution is -2.28. The largest absolute Gasteiger partial charge is 0.462 e. The molecular weight excluding hydrogens is 344 g/mol. The van der Waals surface area contributed by atoms with Crippen LogP contribution in [0.5, 0.6) is 0 Å². The van der Waals surface area contributed by atoms with E-state index in [4.69, 9.17) is 4.74 Å². The maximum absolute atomic E-state index is 12.5. The minimum atomic E-state index is -0.413. The molecule has 0 spiro atoms. The monoisotopic (exact) mass is 366 g/mol. The van der Waals surface area contributed by atoms with Crippen LogP contribution in [0.2, 0.25) is 0 Å². The lowest BCUT2D eigenvalue weighted by atomic mass is 10.1. The molecule has 27 heavy (non-hydrogen) atoms. The summed E-state index contributed by atoms with van der Waals surface area (Å²) in [6, 6.07) is 14.2. The molecule has 0 radical (unpaired) electrons. The fourth-order valence-electron chi connectivity index (χ4n) is 3.01. The first-order chi connectivity index (χ1) is 13.0. The Kier molecular flexibility index (Phi) is 5.54. The van der Waals surface area contributed by atoms with Gasteiger partial charge in [-0.15, -0.1) is 0 Å². The average molecular weight is 366 g/mol. The van der Waals surface area contributed by atoms with Crippen LogP contribution in [-0.2, 0) is 14.3 Å². The van der Waals surface area contributed by atoms with Gasteiger partial charge in [-0.05, 0) is 50.2 Å². The predicted octanol–water partition coefficient (Wildman–Crippen LogP) is 3.16. The number of benzene rings is 2. The smallest absolute Gasteiger partial charge is 0.338 e. The average Bonchev–Trinajstić information content (AvgIpc) is 3.05. The molecule has 6 nitrogen and oxygen atoms in total.